The second-order valence-corrected chi connectivity index (χ2v) is 4.58. The maximum absolute atomic E-state index is 12.2. The van der Waals surface area contributed by atoms with Gasteiger partial charge in [-0.3, -0.25) is 4.79 Å². The maximum atomic E-state index is 12.2. The number of piperidine rings is 1. The third-order valence-corrected chi connectivity index (χ3v) is 3.21. The van der Waals surface area contributed by atoms with Crippen molar-refractivity contribution in [3.63, 3.8) is 0 Å². The van der Waals surface area contributed by atoms with Gasteiger partial charge in [0, 0.05) is 24.2 Å². The number of benzene rings is 1. The van der Waals surface area contributed by atoms with Gasteiger partial charge in [0.05, 0.1) is 0 Å². The average Bonchev–Trinajstić information content (AvgIpc) is 2.27. The van der Waals surface area contributed by atoms with Crippen LogP contribution in [-0.2, 0) is 0 Å². The molecule has 0 aliphatic carbocycles. The van der Waals surface area contributed by atoms with Crippen LogP contribution in [0.15, 0.2) is 18.2 Å². The van der Waals surface area contributed by atoms with E-state index < -0.39 is 0 Å². The number of hydrogen-bond acceptors (Lipinski definition) is 3. The first-order valence-electron chi connectivity index (χ1n) is 5.92. The number of rotatable bonds is 1. The Morgan fingerprint density at radius 1 is 1.24 bits per heavy atom. The molecule has 0 saturated carbocycles. The number of likely N-dealkylation sites (tertiary alicyclic amines) is 1. The number of phenolic OH excluding ortho intramolecular Hbond substituents is 2. The van der Waals surface area contributed by atoms with Gasteiger partial charge in [0.2, 0.25) is 0 Å². The highest BCUT2D eigenvalue weighted by atomic mass is 16.3. The Morgan fingerprint density at radius 2 is 1.88 bits per heavy atom. The van der Waals surface area contributed by atoms with Crippen LogP contribution in [0.25, 0.3) is 0 Å². The molecule has 1 saturated heterocycles. The van der Waals surface area contributed by atoms with Crippen molar-refractivity contribution < 1.29 is 15.0 Å². The lowest BCUT2D eigenvalue weighted by Gasteiger charge is -2.33. The molecule has 1 atom stereocenters. The summed E-state index contributed by atoms with van der Waals surface area (Å²) in [4.78, 5) is 14.0. The highest BCUT2D eigenvalue weighted by molar-refractivity contribution is 5.95. The number of aromatic hydroxyl groups is 2. The standard InChI is InChI=1S/C13H17NO3/c1-9-4-2-3-5-14(9)13(17)10-6-11(15)8-12(16)7-10/h6-9,15-16H,2-5H2,1H3. The molecule has 2 rings (SSSR count). The monoisotopic (exact) mass is 235 g/mol. The van der Waals surface area contributed by atoms with E-state index in [-0.39, 0.29) is 23.4 Å². The highest BCUT2D eigenvalue weighted by Crippen LogP contribution is 2.24. The van der Waals surface area contributed by atoms with Crippen molar-refractivity contribution in [3.05, 3.63) is 23.8 Å². The molecule has 4 nitrogen and oxygen atoms in total. The van der Waals surface area contributed by atoms with Crippen molar-refractivity contribution in [3.8, 4) is 11.5 Å². The second-order valence-electron chi connectivity index (χ2n) is 4.58. The van der Waals surface area contributed by atoms with Crippen LogP contribution >= 0.6 is 0 Å². The Labute approximate surface area is 100 Å². The van der Waals surface area contributed by atoms with Crippen molar-refractivity contribution >= 4 is 5.91 Å². The fraction of sp³-hybridized carbons (Fsp3) is 0.462. The molecular formula is C13H17NO3. The second kappa shape index (κ2) is 4.65. The quantitative estimate of drug-likeness (QED) is 0.783. The Bertz CT molecular complexity index is 410. The molecule has 1 unspecified atom stereocenters. The maximum Gasteiger partial charge on any atom is 0.254 e. The van der Waals surface area contributed by atoms with Crippen LogP contribution in [0.2, 0.25) is 0 Å². The average molecular weight is 235 g/mol. The zero-order valence-electron chi connectivity index (χ0n) is 9.89. The van der Waals surface area contributed by atoms with E-state index in [2.05, 4.69) is 0 Å². The van der Waals surface area contributed by atoms with Gasteiger partial charge in [-0.25, -0.2) is 0 Å². The van der Waals surface area contributed by atoms with Crippen LogP contribution in [0.3, 0.4) is 0 Å². The minimum atomic E-state index is -0.122. The number of carbonyl (C=O) groups is 1. The van der Waals surface area contributed by atoms with Crippen molar-refractivity contribution in [2.24, 2.45) is 0 Å². The topological polar surface area (TPSA) is 60.8 Å². The van der Waals surface area contributed by atoms with E-state index >= 15 is 0 Å². The Balaban J connectivity index is 2.23. The van der Waals surface area contributed by atoms with E-state index in [1.807, 2.05) is 6.92 Å². The fourth-order valence-corrected chi connectivity index (χ4v) is 2.28. The first-order valence-corrected chi connectivity index (χ1v) is 5.92. The minimum absolute atomic E-state index is 0.0852. The molecule has 1 aromatic rings. The first kappa shape index (κ1) is 11.8. The van der Waals surface area contributed by atoms with E-state index in [1.165, 1.54) is 18.2 Å². The summed E-state index contributed by atoms with van der Waals surface area (Å²) in [6, 6.07) is 4.23. The molecule has 1 aromatic carbocycles. The molecule has 92 valence electrons. The largest absolute Gasteiger partial charge is 0.508 e. The lowest BCUT2D eigenvalue weighted by Crippen LogP contribution is -2.41. The summed E-state index contributed by atoms with van der Waals surface area (Å²) in [5.41, 5.74) is 0.344. The molecule has 0 radical (unpaired) electrons. The van der Waals surface area contributed by atoms with E-state index in [1.54, 1.807) is 4.90 Å². The number of nitrogens with zero attached hydrogens (tertiary/aromatic N) is 1. The van der Waals surface area contributed by atoms with Crippen LogP contribution < -0.4 is 0 Å². The molecule has 0 aromatic heterocycles. The van der Waals surface area contributed by atoms with Gasteiger partial charge in [0.15, 0.2) is 0 Å². The SMILES string of the molecule is CC1CCCCN1C(=O)c1cc(O)cc(O)c1. The van der Waals surface area contributed by atoms with Gasteiger partial charge in [0.1, 0.15) is 11.5 Å². The van der Waals surface area contributed by atoms with Gasteiger partial charge in [0.25, 0.3) is 5.91 Å². The normalized spacial score (nSPS) is 20.3. The van der Waals surface area contributed by atoms with E-state index in [4.69, 9.17) is 0 Å². The number of carbonyl (C=O) groups excluding carboxylic acids is 1. The predicted molar refractivity (Wildman–Crippen MR) is 64.1 cm³/mol. The molecule has 2 N–H and O–H groups in total. The van der Waals surface area contributed by atoms with Crippen molar-refractivity contribution in [1.29, 1.82) is 0 Å². The van der Waals surface area contributed by atoms with E-state index in [0.29, 0.717) is 5.56 Å². The van der Waals surface area contributed by atoms with Gasteiger partial charge >= 0.3 is 0 Å². The van der Waals surface area contributed by atoms with Crippen molar-refractivity contribution in [1.82, 2.24) is 4.90 Å². The van der Waals surface area contributed by atoms with Gasteiger partial charge in [-0.1, -0.05) is 0 Å². The van der Waals surface area contributed by atoms with Gasteiger partial charge < -0.3 is 15.1 Å². The fourth-order valence-electron chi connectivity index (χ4n) is 2.28. The third kappa shape index (κ3) is 2.52. The molecule has 1 heterocycles. The van der Waals surface area contributed by atoms with Gasteiger partial charge in [-0.05, 0) is 38.3 Å². The Hall–Kier alpha value is -1.71. The summed E-state index contributed by atoms with van der Waals surface area (Å²) in [7, 11) is 0. The van der Waals surface area contributed by atoms with Gasteiger partial charge in [-0.15, -0.1) is 0 Å². The number of amides is 1. The molecule has 0 spiro atoms. The number of phenols is 2. The summed E-state index contributed by atoms with van der Waals surface area (Å²) in [6.45, 7) is 2.77. The molecule has 1 aliphatic heterocycles. The predicted octanol–water partition coefficient (Wildman–Crippen LogP) is 2.11. The molecule has 1 aliphatic rings. The van der Waals surface area contributed by atoms with Crippen molar-refractivity contribution in [2.75, 3.05) is 6.54 Å². The van der Waals surface area contributed by atoms with Crippen LogP contribution in [0.4, 0.5) is 0 Å². The lowest BCUT2D eigenvalue weighted by atomic mass is 10.0. The smallest absolute Gasteiger partial charge is 0.254 e. The summed E-state index contributed by atoms with van der Waals surface area (Å²) in [6.07, 6.45) is 3.17. The molecule has 4 heteroatoms. The van der Waals surface area contributed by atoms with Crippen LogP contribution in [0, 0.1) is 0 Å². The van der Waals surface area contributed by atoms with Crippen molar-refractivity contribution in [2.45, 2.75) is 32.2 Å². The minimum Gasteiger partial charge on any atom is -0.508 e. The van der Waals surface area contributed by atoms with Crippen LogP contribution in [-0.4, -0.2) is 33.6 Å². The Morgan fingerprint density at radius 3 is 2.47 bits per heavy atom. The molecule has 0 bridgehead atoms. The Kier molecular flexibility index (Phi) is 3.22. The summed E-state index contributed by atoms with van der Waals surface area (Å²) >= 11 is 0. The molecule has 1 amide bonds. The summed E-state index contributed by atoms with van der Waals surface area (Å²) < 4.78 is 0. The van der Waals surface area contributed by atoms with E-state index in [9.17, 15) is 15.0 Å². The zero-order valence-corrected chi connectivity index (χ0v) is 9.89. The summed E-state index contributed by atoms with van der Waals surface area (Å²) in [5, 5.41) is 18.8. The van der Waals surface area contributed by atoms with Crippen LogP contribution in [0.5, 0.6) is 11.5 Å². The lowest BCUT2D eigenvalue weighted by molar-refractivity contribution is 0.0635. The zero-order chi connectivity index (χ0) is 12.4. The molecular weight excluding hydrogens is 218 g/mol. The third-order valence-electron chi connectivity index (χ3n) is 3.21. The first-order chi connectivity index (χ1) is 8.08. The number of hydrogen-bond donors (Lipinski definition) is 2. The van der Waals surface area contributed by atoms with E-state index in [0.717, 1.165) is 25.8 Å². The molecule has 1 fully saturated rings. The summed E-state index contributed by atoms with van der Waals surface area (Å²) in [5.74, 6) is -0.292. The molecule has 17 heavy (non-hydrogen) atoms. The van der Waals surface area contributed by atoms with Gasteiger partial charge in [-0.2, -0.15) is 0 Å². The highest BCUT2D eigenvalue weighted by Gasteiger charge is 2.24. The van der Waals surface area contributed by atoms with Crippen LogP contribution in [0.1, 0.15) is 36.5 Å².